The molecule has 0 N–H and O–H groups in total. The fourth-order valence-corrected chi connectivity index (χ4v) is 2.50. The van der Waals surface area contributed by atoms with Gasteiger partial charge in [0.1, 0.15) is 10.8 Å². The highest BCUT2D eigenvalue weighted by atomic mass is 35.5. The van der Waals surface area contributed by atoms with Gasteiger partial charge in [-0.3, -0.25) is 9.78 Å². The summed E-state index contributed by atoms with van der Waals surface area (Å²) < 4.78 is 0. The molecule has 1 amide bonds. The van der Waals surface area contributed by atoms with Crippen LogP contribution in [0.25, 0.3) is 11.1 Å². The Hall–Kier alpha value is -1.94. The maximum absolute atomic E-state index is 12.3. The largest absolute Gasteiger partial charge is 0.343 e. The van der Waals surface area contributed by atoms with Crippen molar-refractivity contribution in [3.63, 3.8) is 0 Å². The van der Waals surface area contributed by atoms with Crippen LogP contribution < -0.4 is 0 Å². The lowest BCUT2D eigenvalue weighted by Gasteiger charge is -2.13. The van der Waals surface area contributed by atoms with Crippen LogP contribution in [0.1, 0.15) is 34.9 Å². The molecule has 5 heteroatoms. The molecule has 1 saturated carbocycles. The van der Waals surface area contributed by atoms with Gasteiger partial charge in [-0.25, -0.2) is 4.98 Å². The topological polar surface area (TPSA) is 46.1 Å². The summed E-state index contributed by atoms with van der Waals surface area (Å²) in [6.07, 6.45) is 3.94. The van der Waals surface area contributed by atoms with Crippen molar-refractivity contribution in [1.29, 1.82) is 0 Å². The van der Waals surface area contributed by atoms with Gasteiger partial charge in [0.15, 0.2) is 0 Å². The van der Waals surface area contributed by atoms with Gasteiger partial charge in [0.25, 0.3) is 5.91 Å². The number of pyridine rings is 2. The molecule has 4 nitrogen and oxygen atoms in total. The van der Waals surface area contributed by atoms with Crippen LogP contribution in [-0.2, 0) is 0 Å². The molecule has 1 aliphatic carbocycles. The minimum absolute atomic E-state index is 0.119. The zero-order chi connectivity index (χ0) is 15.0. The van der Waals surface area contributed by atoms with Crippen LogP contribution >= 0.6 is 11.6 Å². The summed E-state index contributed by atoms with van der Waals surface area (Å²) in [6.45, 7) is 0. The normalized spacial score (nSPS) is 14.0. The van der Waals surface area contributed by atoms with Crippen molar-refractivity contribution >= 4 is 17.5 Å². The maximum atomic E-state index is 12.3. The molecule has 0 aromatic carbocycles. The van der Waals surface area contributed by atoms with Crippen molar-refractivity contribution in [2.24, 2.45) is 0 Å². The Morgan fingerprint density at radius 3 is 2.76 bits per heavy atom. The van der Waals surface area contributed by atoms with Crippen molar-refractivity contribution in [1.82, 2.24) is 14.9 Å². The Kier molecular flexibility index (Phi) is 3.64. The summed E-state index contributed by atoms with van der Waals surface area (Å²) in [5.74, 6) is 0.388. The highest BCUT2D eigenvalue weighted by Crippen LogP contribution is 2.41. The Labute approximate surface area is 128 Å². The molecule has 0 unspecified atom stereocenters. The van der Waals surface area contributed by atoms with E-state index >= 15 is 0 Å². The van der Waals surface area contributed by atoms with E-state index in [1.54, 1.807) is 26.4 Å². The quantitative estimate of drug-likeness (QED) is 0.817. The van der Waals surface area contributed by atoms with Crippen LogP contribution in [0.4, 0.5) is 0 Å². The molecule has 0 bridgehead atoms. The first-order chi connectivity index (χ1) is 10.1. The predicted molar refractivity (Wildman–Crippen MR) is 82.5 cm³/mol. The zero-order valence-corrected chi connectivity index (χ0v) is 12.8. The number of aromatic nitrogens is 2. The van der Waals surface area contributed by atoms with E-state index in [4.69, 9.17) is 11.6 Å². The number of hydrogen-bond donors (Lipinski definition) is 0. The molecule has 1 aliphatic rings. The molecule has 0 radical (unpaired) electrons. The second-order valence-electron chi connectivity index (χ2n) is 5.48. The third-order valence-electron chi connectivity index (χ3n) is 3.54. The molecule has 2 aromatic heterocycles. The number of amides is 1. The molecule has 0 atom stereocenters. The van der Waals surface area contributed by atoms with Gasteiger partial charge in [0.2, 0.25) is 0 Å². The number of carbonyl (C=O) groups is 1. The first-order valence-corrected chi connectivity index (χ1v) is 7.28. The zero-order valence-electron chi connectivity index (χ0n) is 12.0. The van der Waals surface area contributed by atoms with Gasteiger partial charge in [0, 0.05) is 37.5 Å². The van der Waals surface area contributed by atoms with Crippen molar-refractivity contribution in [2.45, 2.75) is 18.8 Å². The Morgan fingerprint density at radius 1 is 1.33 bits per heavy atom. The number of carbonyl (C=O) groups excluding carboxylic acids is 1. The third kappa shape index (κ3) is 2.90. The fraction of sp³-hybridized carbons (Fsp3) is 0.312. The molecular weight excluding hydrogens is 286 g/mol. The summed E-state index contributed by atoms with van der Waals surface area (Å²) in [6, 6.07) is 7.53. The molecule has 2 aromatic rings. The number of rotatable bonds is 3. The van der Waals surface area contributed by atoms with E-state index in [1.165, 1.54) is 4.90 Å². The van der Waals surface area contributed by atoms with E-state index in [9.17, 15) is 4.79 Å². The number of halogens is 1. The maximum Gasteiger partial charge on any atom is 0.272 e. The van der Waals surface area contributed by atoms with Gasteiger partial charge >= 0.3 is 0 Å². The summed E-state index contributed by atoms with van der Waals surface area (Å²) in [5, 5.41) is 0.460. The fourth-order valence-electron chi connectivity index (χ4n) is 2.28. The first kappa shape index (κ1) is 14.0. The lowest BCUT2D eigenvalue weighted by Crippen LogP contribution is -2.23. The highest BCUT2D eigenvalue weighted by Gasteiger charge is 2.26. The van der Waals surface area contributed by atoms with Crippen LogP contribution in [0.3, 0.4) is 0 Å². The van der Waals surface area contributed by atoms with Crippen LogP contribution in [0.15, 0.2) is 30.5 Å². The highest BCUT2D eigenvalue weighted by molar-refractivity contribution is 6.29. The first-order valence-electron chi connectivity index (χ1n) is 6.91. The molecule has 1 fully saturated rings. The minimum Gasteiger partial charge on any atom is -0.343 e. The van der Waals surface area contributed by atoms with E-state index in [0.29, 0.717) is 16.8 Å². The summed E-state index contributed by atoms with van der Waals surface area (Å²) >= 11 is 6.14. The van der Waals surface area contributed by atoms with Gasteiger partial charge in [-0.2, -0.15) is 0 Å². The Morgan fingerprint density at radius 2 is 2.10 bits per heavy atom. The third-order valence-corrected chi connectivity index (χ3v) is 3.73. The Bertz CT molecular complexity index is 696. The van der Waals surface area contributed by atoms with Gasteiger partial charge in [-0.05, 0) is 36.6 Å². The van der Waals surface area contributed by atoms with Gasteiger partial charge < -0.3 is 4.90 Å². The van der Waals surface area contributed by atoms with E-state index in [-0.39, 0.29) is 5.91 Å². The van der Waals surface area contributed by atoms with Gasteiger partial charge in [-0.1, -0.05) is 17.7 Å². The molecule has 0 aliphatic heterocycles. The summed E-state index contributed by atoms with van der Waals surface area (Å²) in [5.41, 5.74) is 3.13. The number of nitrogens with zero attached hydrogens (tertiary/aromatic N) is 3. The number of hydrogen-bond acceptors (Lipinski definition) is 3. The lowest BCUT2D eigenvalue weighted by atomic mass is 10.0. The second-order valence-corrected chi connectivity index (χ2v) is 5.86. The molecule has 21 heavy (non-hydrogen) atoms. The molecule has 0 spiro atoms. The van der Waals surface area contributed by atoms with Crippen LogP contribution in [0, 0.1) is 0 Å². The smallest absolute Gasteiger partial charge is 0.272 e. The van der Waals surface area contributed by atoms with E-state index < -0.39 is 0 Å². The van der Waals surface area contributed by atoms with Crippen molar-refractivity contribution < 1.29 is 4.79 Å². The van der Waals surface area contributed by atoms with E-state index in [0.717, 1.165) is 29.7 Å². The summed E-state index contributed by atoms with van der Waals surface area (Å²) in [7, 11) is 3.44. The van der Waals surface area contributed by atoms with Crippen LogP contribution in [0.5, 0.6) is 0 Å². The standard InChI is InChI=1S/C16H16ClN3O/c1-20(2)16(21)15-12(4-3-7-18-15)11-8-13(10-5-6-10)19-14(17)9-11/h3-4,7-10H,5-6H2,1-2H3. The molecule has 3 rings (SSSR count). The molecule has 108 valence electrons. The van der Waals surface area contributed by atoms with Crippen molar-refractivity contribution in [3.05, 3.63) is 47.0 Å². The average Bonchev–Trinajstić information content (AvgIpc) is 3.30. The molecular formula is C16H16ClN3O. The van der Waals surface area contributed by atoms with Gasteiger partial charge in [-0.15, -0.1) is 0 Å². The van der Waals surface area contributed by atoms with Gasteiger partial charge in [0.05, 0.1) is 0 Å². The monoisotopic (exact) mass is 301 g/mol. The van der Waals surface area contributed by atoms with Crippen molar-refractivity contribution in [2.75, 3.05) is 14.1 Å². The second kappa shape index (κ2) is 5.45. The minimum atomic E-state index is -0.119. The summed E-state index contributed by atoms with van der Waals surface area (Å²) in [4.78, 5) is 22.4. The Balaban J connectivity index is 2.10. The van der Waals surface area contributed by atoms with Crippen LogP contribution in [0.2, 0.25) is 5.15 Å². The molecule has 2 heterocycles. The van der Waals surface area contributed by atoms with E-state index in [1.807, 2.05) is 18.2 Å². The lowest BCUT2D eigenvalue weighted by molar-refractivity contribution is 0.0823. The average molecular weight is 302 g/mol. The van der Waals surface area contributed by atoms with Crippen molar-refractivity contribution in [3.8, 4) is 11.1 Å². The molecule has 0 saturated heterocycles. The van der Waals surface area contributed by atoms with Crippen LogP contribution in [-0.4, -0.2) is 34.9 Å². The SMILES string of the molecule is CN(C)C(=O)c1ncccc1-c1cc(Cl)nc(C2CC2)c1. The predicted octanol–water partition coefficient (Wildman–Crippen LogP) is 3.38. The van der Waals surface area contributed by atoms with E-state index in [2.05, 4.69) is 9.97 Å².